The molecule has 3 unspecified atom stereocenters. The molecule has 0 aliphatic carbocycles. The average molecular weight is 597 g/mol. The topological polar surface area (TPSA) is 89.5 Å². The van der Waals surface area contributed by atoms with Crippen LogP contribution in [-0.2, 0) is 25.4 Å². The molecule has 8 nitrogen and oxygen atoms in total. The molecule has 2 aliphatic rings. The Labute approximate surface area is 256 Å². The number of hydrogen-bond acceptors (Lipinski definition) is 8. The first-order valence-electron chi connectivity index (χ1n) is 16.2. The molecule has 2 aromatic rings. The molecule has 0 radical (unpaired) electrons. The number of carbonyl (C=O) groups excluding carboxylic acids is 2. The van der Waals surface area contributed by atoms with Crippen molar-refractivity contribution in [1.29, 1.82) is 0 Å². The first-order valence-corrected chi connectivity index (χ1v) is 16.2. The number of unbranched alkanes of at least 4 members (excludes halogenated alkanes) is 8. The molecule has 0 amide bonds. The average Bonchev–Trinajstić information content (AvgIpc) is 3.65. The smallest absolute Gasteiger partial charge is 0.490 e. The van der Waals surface area contributed by atoms with E-state index in [2.05, 4.69) is 31.2 Å². The van der Waals surface area contributed by atoms with E-state index < -0.39 is 12.3 Å². The van der Waals surface area contributed by atoms with Gasteiger partial charge in [0.05, 0.1) is 0 Å². The van der Waals surface area contributed by atoms with Gasteiger partial charge in [0.15, 0.2) is 12.2 Å². The Balaban J connectivity index is 1.12. The fourth-order valence-electron chi connectivity index (χ4n) is 5.58. The summed E-state index contributed by atoms with van der Waals surface area (Å²) in [7, 11) is 0. The summed E-state index contributed by atoms with van der Waals surface area (Å²) in [5, 5.41) is 0. The third kappa shape index (κ3) is 12.0. The van der Waals surface area contributed by atoms with Gasteiger partial charge >= 0.3 is 12.3 Å². The molecule has 8 heteroatoms. The van der Waals surface area contributed by atoms with Crippen LogP contribution in [0.1, 0.15) is 101 Å². The number of benzene rings is 2. The van der Waals surface area contributed by atoms with Crippen LogP contribution in [0.3, 0.4) is 0 Å². The first-order chi connectivity index (χ1) is 21.1. The molecule has 2 fully saturated rings. The molecule has 2 aromatic carbocycles. The zero-order valence-electron chi connectivity index (χ0n) is 25.6. The van der Waals surface area contributed by atoms with Gasteiger partial charge in [-0.3, -0.25) is 0 Å². The SMILES string of the molecule is CCCCCCCC(CCCCCCCc1ccc(OCC2COC(=O)O2)cc1)c1ccc(OCC2COC(=O)O2)cc1. The van der Waals surface area contributed by atoms with E-state index in [1.165, 1.54) is 88.2 Å². The highest BCUT2D eigenvalue weighted by Gasteiger charge is 2.26. The summed E-state index contributed by atoms with van der Waals surface area (Å²) in [6.45, 7) is 3.37. The maximum absolute atomic E-state index is 11.1. The summed E-state index contributed by atoms with van der Waals surface area (Å²) >= 11 is 0. The molecule has 0 saturated carbocycles. The quantitative estimate of drug-likeness (QED) is 0.105. The fraction of sp³-hybridized carbons (Fsp3) is 0.600. The van der Waals surface area contributed by atoms with Crippen molar-refractivity contribution < 1.29 is 38.0 Å². The second kappa shape index (κ2) is 18.3. The third-order valence-corrected chi connectivity index (χ3v) is 8.12. The van der Waals surface area contributed by atoms with Gasteiger partial charge in [0, 0.05) is 0 Å². The minimum atomic E-state index is -0.623. The Hall–Kier alpha value is -3.42. The Bertz CT molecular complexity index is 1080. The standard InChI is InChI=1S/C35H48O8/c1-2-3-4-6-10-13-28(29-17-21-31(22-18-29)39-24-33-26-41-35(37)43-33)14-11-8-5-7-9-12-27-15-19-30(20-16-27)38-23-32-25-40-34(36)42-32/h15-22,28,32-33H,2-14,23-26H2,1H3. The summed E-state index contributed by atoms with van der Waals surface area (Å²) < 4.78 is 31.2. The lowest BCUT2D eigenvalue weighted by molar-refractivity contribution is 0.0977. The van der Waals surface area contributed by atoms with Crippen molar-refractivity contribution >= 4 is 12.3 Å². The normalized spacial score (nSPS) is 18.4. The van der Waals surface area contributed by atoms with E-state index in [0.29, 0.717) is 19.1 Å². The summed E-state index contributed by atoms with van der Waals surface area (Å²) in [5.41, 5.74) is 2.71. The number of aryl methyl sites for hydroxylation is 1. The Morgan fingerprint density at radius 3 is 1.65 bits per heavy atom. The number of rotatable bonds is 21. The fourth-order valence-corrected chi connectivity index (χ4v) is 5.58. The van der Waals surface area contributed by atoms with Gasteiger partial charge in [0.1, 0.15) is 37.9 Å². The molecule has 236 valence electrons. The van der Waals surface area contributed by atoms with Gasteiger partial charge in [0.25, 0.3) is 0 Å². The van der Waals surface area contributed by atoms with E-state index in [-0.39, 0.29) is 25.4 Å². The number of hydrogen-bond donors (Lipinski definition) is 0. The van der Waals surface area contributed by atoms with Crippen molar-refractivity contribution in [3.8, 4) is 11.5 Å². The Kier molecular flexibility index (Phi) is 13.8. The van der Waals surface area contributed by atoms with Crippen LogP contribution in [0.25, 0.3) is 0 Å². The minimum Gasteiger partial charge on any atom is -0.490 e. The molecule has 0 bridgehead atoms. The molecule has 2 saturated heterocycles. The lowest BCUT2D eigenvalue weighted by atomic mass is 9.88. The van der Waals surface area contributed by atoms with Gasteiger partial charge < -0.3 is 28.4 Å². The highest BCUT2D eigenvalue weighted by molar-refractivity contribution is 5.62. The molecule has 0 N–H and O–H groups in total. The molecule has 0 spiro atoms. The van der Waals surface area contributed by atoms with Crippen LogP contribution in [0.15, 0.2) is 48.5 Å². The predicted molar refractivity (Wildman–Crippen MR) is 164 cm³/mol. The number of ether oxygens (including phenoxy) is 6. The molecule has 2 aliphatic heterocycles. The van der Waals surface area contributed by atoms with Crippen LogP contribution in [0.4, 0.5) is 9.59 Å². The van der Waals surface area contributed by atoms with Crippen molar-refractivity contribution in [2.24, 2.45) is 0 Å². The van der Waals surface area contributed by atoms with Gasteiger partial charge in [0.2, 0.25) is 0 Å². The van der Waals surface area contributed by atoms with Crippen molar-refractivity contribution in [3.05, 3.63) is 59.7 Å². The van der Waals surface area contributed by atoms with Crippen LogP contribution in [0.2, 0.25) is 0 Å². The Morgan fingerprint density at radius 2 is 1.14 bits per heavy atom. The predicted octanol–water partition coefficient (Wildman–Crippen LogP) is 8.54. The highest BCUT2D eigenvalue weighted by Crippen LogP contribution is 2.30. The van der Waals surface area contributed by atoms with Crippen LogP contribution in [-0.4, -0.2) is 50.9 Å². The number of carbonyl (C=O) groups is 2. The van der Waals surface area contributed by atoms with Crippen LogP contribution in [0, 0.1) is 0 Å². The third-order valence-electron chi connectivity index (χ3n) is 8.12. The van der Waals surface area contributed by atoms with Crippen LogP contribution < -0.4 is 9.47 Å². The summed E-state index contributed by atoms with van der Waals surface area (Å²) in [6, 6.07) is 16.7. The van der Waals surface area contributed by atoms with Gasteiger partial charge in [-0.05, 0) is 67.0 Å². The molecule has 0 aromatic heterocycles. The van der Waals surface area contributed by atoms with E-state index in [1.54, 1.807) is 0 Å². The Morgan fingerprint density at radius 1 is 0.651 bits per heavy atom. The van der Waals surface area contributed by atoms with E-state index in [0.717, 1.165) is 17.9 Å². The lowest BCUT2D eigenvalue weighted by Gasteiger charge is -2.18. The largest absolute Gasteiger partial charge is 0.508 e. The minimum absolute atomic E-state index is 0.248. The maximum atomic E-state index is 11.1. The van der Waals surface area contributed by atoms with Crippen molar-refractivity contribution in [1.82, 2.24) is 0 Å². The van der Waals surface area contributed by atoms with E-state index in [9.17, 15) is 9.59 Å². The van der Waals surface area contributed by atoms with Crippen molar-refractivity contribution in [2.45, 2.75) is 109 Å². The van der Waals surface area contributed by atoms with Gasteiger partial charge in [-0.25, -0.2) is 9.59 Å². The zero-order chi connectivity index (χ0) is 30.1. The van der Waals surface area contributed by atoms with Gasteiger partial charge in [-0.1, -0.05) is 89.0 Å². The molecule has 43 heavy (non-hydrogen) atoms. The maximum Gasteiger partial charge on any atom is 0.508 e. The van der Waals surface area contributed by atoms with Crippen molar-refractivity contribution in [2.75, 3.05) is 26.4 Å². The summed E-state index contributed by atoms with van der Waals surface area (Å²) in [5.74, 6) is 2.15. The van der Waals surface area contributed by atoms with Crippen LogP contribution in [0.5, 0.6) is 11.5 Å². The molecule has 4 rings (SSSR count). The summed E-state index contributed by atoms with van der Waals surface area (Å²) in [4.78, 5) is 22.1. The van der Waals surface area contributed by atoms with E-state index >= 15 is 0 Å². The molecular weight excluding hydrogens is 548 g/mol. The first kappa shape index (κ1) is 32.5. The molecule has 3 atom stereocenters. The monoisotopic (exact) mass is 596 g/mol. The second-order valence-corrected chi connectivity index (χ2v) is 11.6. The zero-order valence-corrected chi connectivity index (χ0v) is 25.6. The highest BCUT2D eigenvalue weighted by atomic mass is 16.8. The van der Waals surface area contributed by atoms with Gasteiger partial charge in [-0.2, -0.15) is 0 Å². The van der Waals surface area contributed by atoms with Crippen LogP contribution >= 0.6 is 0 Å². The van der Waals surface area contributed by atoms with E-state index in [1.807, 2.05) is 24.3 Å². The van der Waals surface area contributed by atoms with E-state index in [4.69, 9.17) is 28.4 Å². The number of cyclic esters (lactones) is 4. The second-order valence-electron chi connectivity index (χ2n) is 11.6. The molecule has 2 heterocycles. The lowest BCUT2D eigenvalue weighted by Crippen LogP contribution is -2.19. The van der Waals surface area contributed by atoms with Crippen molar-refractivity contribution in [3.63, 3.8) is 0 Å². The molecular formula is C35H48O8. The summed E-state index contributed by atoms with van der Waals surface area (Å²) in [6.07, 6.45) is 14.3. The van der Waals surface area contributed by atoms with Gasteiger partial charge in [-0.15, -0.1) is 0 Å².